The molecule has 0 aliphatic rings. The Morgan fingerprint density at radius 2 is 2.00 bits per heavy atom. The zero-order valence-corrected chi connectivity index (χ0v) is 9.96. The van der Waals surface area contributed by atoms with Crippen LogP contribution in [0.15, 0.2) is 18.2 Å². The Morgan fingerprint density at radius 1 is 1.38 bits per heavy atom. The quantitative estimate of drug-likeness (QED) is 0.592. The molecule has 0 saturated carbocycles. The molecule has 0 fully saturated rings. The van der Waals surface area contributed by atoms with Gasteiger partial charge < -0.3 is 21.3 Å². The maximum Gasteiger partial charge on any atom is 0.0833 e. The zero-order chi connectivity index (χ0) is 12.2. The molecule has 0 bridgehead atoms. The predicted octanol–water partition coefficient (Wildman–Crippen LogP) is 1.47. The van der Waals surface area contributed by atoms with Crippen molar-refractivity contribution in [2.75, 3.05) is 24.3 Å². The topological polar surface area (TPSA) is 78.5 Å². The highest BCUT2D eigenvalue weighted by atomic mass is 35.5. The van der Waals surface area contributed by atoms with Crippen LogP contribution in [0.25, 0.3) is 0 Å². The maximum atomic E-state index is 9.31. The van der Waals surface area contributed by atoms with Crippen molar-refractivity contribution in [2.24, 2.45) is 0 Å². The minimum Gasteiger partial charge on any atom is -0.397 e. The molecule has 1 aromatic rings. The Morgan fingerprint density at radius 3 is 2.44 bits per heavy atom. The summed E-state index contributed by atoms with van der Waals surface area (Å²) >= 11 is 6.00. The molecule has 4 nitrogen and oxygen atoms in total. The predicted molar refractivity (Wildman–Crippen MR) is 66.7 cm³/mol. The van der Waals surface area contributed by atoms with Crippen LogP contribution in [0, 0.1) is 0 Å². The average Bonchev–Trinajstić information content (AvgIpc) is 2.30. The second kappa shape index (κ2) is 5.39. The zero-order valence-electron chi connectivity index (χ0n) is 9.20. The third kappa shape index (κ3) is 2.58. The molecule has 0 atom stereocenters. The SMILES string of the molecule is CCC(CO)(CO)Nc1c(N)cccc1Cl. The van der Waals surface area contributed by atoms with Gasteiger partial charge >= 0.3 is 0 Å². The first-order valence-electron chi connectivity index (χ1n) is 5.12. The van der Waals surface area contributed by atoms with Gasteiger partial charge in [0.2, 0.25) is 0 Å². The van der Waals surface area contributed by atoms with Gasteiger partial charge in [-0.2, -0.15) is 0 Å². The molecule has 1 aromatic carbocycles. The van der Waals surface area contributed by atoms with Gasteiger partial charge in [-0.3, -0.25) is 0 Å². The van der Waals surface area contributed by atoms with Crippen LogP contribution in [0.1, 0.15) is 13.3 Å². The molecule has 0 unspecified atom stereocenters. The van der Waals surface area contributed by atoms with Crippen molar-refractivity contribution in [2.45, 2.75) is 18.9 Å². The van der Waals surface area contributed by atoms with Gasteiger partial charge in [-0.25, -0.2) is 0 Å². The van der Waals surface area contributed by atoms with Gasteiger partial charge in [0.25, 0.3) is 0 Å². The van der Waals surface area contributed by atoms with E-state index in [0.29, 0.717) is 22.8 Å². The number of benzene rings is 1. The Hall–Kier alpha value is -0.970. The number of halogens is 1. The number of nitrogen functional groups attached to an aromatic ring is 1. The molecule has 0 saturated heterocycles. The molecule has 16 heavy (non-hydrogen) atoms. The first-order valence-corrected chi connectivity index (χ1v) is 5.50. The molecule has 0 aliphatic heterocycles. The summed E-state index contributed by atoms with van der Waals surface area (Å²) in [7, 11) is 0. The summed E-state index contributed by atoms with van der Waals surface area (Å²) in [4.78, 5) is 0. The van der Waals surface area contributed by atoms with Crippen LogP contribution >= 0.6 is 11.6 Å². The van der Waals surface area contributed by atoms with Crippen LogP contribution in [-0.4, -0.2) is 29.0 Å². The first-order chi connectivity index (χ1) is 7.58. The third-order valence-corrected chi connectivity index (χ3v) is 3.03. The van der Waals surface area contributed by atoms with Gasteiger partial charge in [0.05, 0.1) is 35.2 Å². The maximum absolute atomic E-state index is 9.31. The van der Waals surface area contributed by atoms with Crippen LogP contribution in [-0.2, 0) is 0 Å². The lowest BCUT2D eigenvalue weighted by molar-refractivity contribution is 0.132. The molecule has 0 radical (unpaired) electrons. The number of hydrogen-bond acceptors (Lipinski definition) is 4. The van der Waals surface area contributed by atoms with Crippen molar-refractivity contribution in [3.05, 3.63) is 23.2 Å². The third-order valence-electron chi connectivity index (χ3n) is 2.72. The van der Waals surface area contributed by atoms with Gasteiger partial charge in [-0.1, -0.05) is 24.6 Å². The number of aliphatic hydroxyl groups excluding tert-OH is 2. The van der Waals surface area contributed by atoms with Gasteiger partial charge in [0, 0.05) is 0 Å². The monoisotopic (exact) mass is 244 g/mol. The molecule has 0 aliphatic carbocycles. The van der Waals surface area contributed by atoms with E-state index in [2.05, 4.69) is 5.32 Å². The van der Waals surface area contributed by atoms with E-state index in [1.165, 1.54) is 0 Å². The number of aliphatic hydroxyl groups is 2. The Kier molecular flexibility index (Phi) is 4.41. The molecule has 0 aromatic heterocycles. The van der Waals surface area contributed by atoms with Crippen LogP contribution in [0.3, 0.4) is 0 Å². The van der Waals surface area contributed by atoms with E-state index in [4.69, 9.17) is 17.3 Å². The van der Waals surface area contributed by atoms with Crippen molar-refractivity contribution in [1.29, 1.82) is 0 Å². The van der Waals surface area contributed by atoms with Crippen molar-refractivity contribution >= 4 is 23.0 Å². The van der Waals surface area contributed by atoms with Crippen molar-refractivity contribution in [3.8, 4) is 0 Å². The fraction of sp³-hybridized carbons (Fsp3) is 0.455. The van der Waals surface area contributed by atoms with E-state index in [-0.39, 0.29) is 13.2 Å². The lowest BCUT2D eigenvalue weighted by Crippen LogP contribution is -2.45. The number of hydrogen-bond donors (Lipinski definition) is 4. The summed E-state index contributed by atoms with van der Waals surface area (Å²) in [5, 5.41) is 22.1. The average molecular weight is 245 g/mol. The smallest absolute Gasteiger partial charge is 0.0833 e. The van der Waals surface area contributed by atoms with Crippen LogP contribution in [0.5, 0.6) is 0 Å². The fourth-order valence-corrected chi connectivity index (χ4v) is 1.61. The van der Waals surface area contributed by atoms with E-state index >= 15 is 0 Å². The van der Waals surface area contributed by atoms with E-state index < -0.39 is 5.54 Å². The van der Waals surface area contributed by atoms with Crippen LogP contribution in [0.2, 0.25) is 5.02 Å². The van der Waals surface area contributed by atoms with Gasteiger partial charge in [-0.15, -0.1) is 0 Å². The van der Waals surface area contributed by atoms with Gasteiger partial charge in [0.15, 0.2) is 0 Å². The van der Waals surface area contributed by atoms with Crippen molar-refractivity contribution in [3.63, 3.8) is 0 Å². The van der Waals surface area contributed by atoms with Crippen LogP contribution < -0.4 is 11.1 Å². The van der Waals surface area contributed by atoms with Crippen LogP contribution in [0.4, 0.5) is 11.4 Å². The molecule has 0 heterocycles. The normalized spacial score (nSPS) is 11.5. The second-order valence-electron chi connectivity index (χ2n) is 3.78. The van der Waals surface area contributed by atoms with E-state index in [1.54, 1.807) is 18.2 Å². The highest BCUT2D eigenvalue weighted by molar-refractivity contribution is 6.33. The summed E-state index contributed by atoms with van der Waals surface area (Å²) in [6.07, 6.45) is 0.560. The van der Waals surface area contributed by atoms with Crippen molar-refractivity contribution < 1.29 is 10.2 Å². The molecule has 5 N–H and O–H groups in total. The van der Waals surface area contributed by atoms with E-state index in [1.807, 2.05) is 6.92 Å². The lowest BCUT2D eigenvalue weighted by atomic mass is 9.98. The summed E-state index contributed by atoms with van der Waals surface area (Å²) in [6.45, 7) is 1.49. The number of nitrogens with one attached hydrogen (secondary N) is 1. The Balaban J connectivity index is 3.02. The van der Waals surface area contributed by atoms with E-state index in [0.717, 1.165) is 0 Å². The Bertz CT molecular complexity index is 325. The molecule has 0 amide bonds. The first kappa shape index (κ1) is 13.1. The number of nitrogens with two attached hydrogens (primary N) is 1. The second-order valence-corrected chi connectivity index (χ2v) is 4.19. The summed E-state index contributed by atoms with van der Waals surface area (Å²) in [5.41, 5.74) is 6.03. The number of para-hydroxylation sites is 1. The molecule has 90 valence electrons. The summed E-state index contributed by atoms with van der Waals surface area (Å²) in [5.74, 6) is 0. The largest absolute Gasteiger partial charge is 0.397 e. The minimum atomic E-state index is -0.793. The van der Waals surface area contributed by atoms with Crippen molar-refractivity contribution in [1.82, 2.24) is 0 Å². The minimum absolute atomic E-state index is 0.190. The molecule has 1 rings (SSSR count). The highest BCUT2D eigenvalue weighted by Crippen LogP contribution is 2.31. The standard InChI is InChI=1S/C11H17ClN2O2/c1-2-11(6-15,7-16)14-10-8(12)4-3-5-9(10)13/h3-5,14-16H,2,6-7,13H2,1H3. The summed E-state index contributed by atoms with van der Waals surface area (Å²) in [6, 6.07) is 5.16. The lowest BCUT2D eigenvalue weighted by Gasteiger charge is -2.31. The van der Waals surface area contributed by atoms with Gasteiger partial charge in [-0.05, 0) is 18.6 Å². The molecule has 5 heteroatoms. The molecule has 0 spiro atoms. The molecular formula is C11H17ClN2O2. The highest BCUT2D eigenvalue weighted by Gasteiger charge is 2.27. The summed E-state index contributed by atoms with van der Waals surface area (Å²) < 4.78 is 0. The fourth-order valence-electron chi connectivity index (χ4n) is 1.38. The van der Waals surface area contributed by atoms with Gasteiger partial charge in [0.1, 0.15) is 0 Å². The van der Waals surface area contributed by atoms with E-state index in [9.17, 15) is 10.2 Å². The molecular weight excluding hydrogens is 228 g/mol. The number of anilines is 2. The Labute approximate surface area is 100 Å². The number of rotatable bonds is 5.